The summed E-state index contributed by atoms with van der Waals surface area (Å²) in [5, 5.41) is 17.6. The van der Waals surface area contributed by atoms with Crippen LogP contribution < -0.4 is 10.6 Å². The van der Waals surface area contributed by atoms with E-state index in [1.165, 1.54) is 16.8 Å². The van der Waals surface area contributed by atoms with Gasteiger partial charge in [-0.2, -0.15) is 4.31 Å². The van der Waals surface area contributed by atoms with Crippen LogP contribution in [0.1, 0.15) is 68.3 Å². The Morgan fingerprint density at radius 3 is 2.67 bits per heavy atom. The summed E-state index contributed by atoms with van der Waals surface area (Å²) < 4.78 is 33.2. The van der Waals surface area contributed by atoms with Crippen LogP contribution in [0.5, 0.6) is 0 Å². The van der Waals surface area contributed by atoms with Crippen LogP contribution in [0.25, 0.3) is 11.0 Å². The summed E-state index contributed by atoms with van der Waals surface area (Å²) in [6, 6.07) is 7.55. The van der Waals surface area contributed by atoms with Crippen molar-refractivity contribution in [1.82, 2.24) is 14.9 Å². The molecule has 2 aliphatic heterocycles. The fourth-order valence-corrected chi connectivity index (χ4v) is 7.38. The SMILES string of the molecule is O=C(N[C@@H](CC1CCCCC1)C(=O)NC1CCCN(S(=O)(=O)C2=NCCC=C2)CC1O)c1cc2ccccc2o1. The van der Waals surface area contributed by atoms with Crippen LogP contribution in [0.3, 0.4) is 0 Å². The van der Waals surface area contributed by atoms with E-state index >= 15 is 0 Å². The molecule has 40 heavy (non-hydrogen) atoms. The van der Waals surface area contributed by atoms with E-state index in [1.54, 1.807) is 18.2 Å². The van der Waals surface area contributed by atoms with Crippen molar-refractivity contribution in [1.29, 1.82) is 0 Å². The fraction of sp³-hybridized carbons (Fsp3) is 0.552. The van der Waals surface area contributed by atoms with Crippen molar-refractivity contribution in [3.8, 4) is 0 Å². The maximum Gasteiger partial charge on any atom is 0.287 e. The standard InChI is InChI=1S/C29H38N4O6S/c34-24-19-33(40(37,38)27-14-6-7-15-30-27)16-8-12-22(24)31-28(35)23(17-20-9-2-1-3-10-20)32-29(36)26-18-21-11-4-5-13-25(21)39-26/h4-6,11,13-14,18,20,22-24,34H,1-3,7-10,12,15-17,19H2,(H,31,35)(H,32,36)/t22?,23-,24?/m0/s1. The lowest BCUT2D eigenvalue weighted by Crippen LogP contribution is -2.54. The van der Waals surface area contributed by atoms with E-state index in [2.05, 4.69) is 15.6 Å². The van der Waals surface area contributed by atoms with Gasteiger partial charge in [-0.15, -0.1) is 0 Å². The van der Waals surface area contributed by atoms with E-state index in [4.69, 9.17) is 4.42 Å². The largest absolute Gasteiger partial charge is 0.451 e. The molecule has 1 aliphatic carbocycles. The zero-order chi connectivity index (χ0) is 28.1. The average Bonchev–Trinajstić information content (AvgIpc) is 3.32. The number of fused-ring (bicyclic) bond motifs is 1. The third kappa shape index (κ3) is 6.64. The zero-order valence-electron chi connectivity index (χ0n) is 22.6. The summed E-state index contributed by atoms with van der Waals surface area (Å²) in [7, 11) is -3.83. The molecule has 2 unspecified atom stereocenters. The highest BCUT2D eigenvalue weighted by atomic mass is 32.2. The highest BCUT2D eigenvalue weighted by Crippen LogP contribution is 2.28. The summed E-state index contributed by atoms with van der Waals surface area (Å²) in [5.74, 6) is -0.399. The van der Waals surface area contributed by atoms with Crippen LogP contribution in [-0.2, 0) is 14.8 Å². The number of furan rings is 1. The number of para-hydroxylation sites is 1. The molecule has 1 saturated heterocycles. The molecule has 5 rings (SSSR count). The molecular formula is C29H38N4O6S. The predicted octanol–water partition coefficient (Wildman–Crippen LogP) is 3.13. The van der Waals surface area contributed by atoms with Crippen molar-refractivity contribution in [2.24, 2.45) is 10.9 Å². The molecule has 2 aromatic rings. The van der Waals surface area contributed by atoms with Crippen molar-refractivity contribution in [2.45, 2.75) is 76.0 Å². The van der Waals surface area contributed by atoms with Crippen LogP contribution in [0.15, 0.2) is 51.9 Å². The summed E-state index contributed by atoms with van der Waals surface area (Å²) in [5.41, 5.74) is 0.594. The molecule has 2 amide bonds. The Bertz CT molecular complexity index is 1340. The minimum atomic E-state index is -3.83. The third-order valence-corrected chi connectivity index (χ3v) is 9.90. The Morgan fingerprint density at radius 2 is 1.93 bits per heavy atom. The van der Waals surface area contributed by atoms with E-state index in [-0.39, 0.29) is 29.8 Å². The number of β-amino-alcohol motifs (C(OH)–C–C–N with tert-alkyl or cyclic N) is 1. The minimum absolute atomic E-state index is 0.00859. The second-order valence-electron chi connectivity index (χ2n) is 11.0. The van der Waals surface area contributed by atoms with Gasteiger partial charge in [0, 0.05) is 25.0 Å². The molecule has 11 heteroatoms. The monoisotopic (exact) mass is 570 g/mol. The summed E-state index contributed by atoms with van der Waals surface area (Å²) in [6.07, 6.45) is 9.64. The van der Waals surface area contributed by atoms with Gasteiger partial charge in [0.25, 0.3) is 15.9 Å². The molecule has 216 valence electrons. The Labute approximate surface area is 234 Å². The average molecular weight is 571 g/mol. The topological polar surface area (TPSA) is 141 Å². The van der Waals surface area contributed by atoms with Crippen LogP contribution >= 0.6 is 0 Å². The summed E-state index contributed by atoms with van der Waals surface area (Å²) >= 11 is 0. The van der Waals surface area contributed by atoms with Crippen molar-refractivity contribution in [3.63, 3.8) is 0 Å². The number of nitrogens with zero attached hydrogens (tertiary/aromatic N) is 2. The first-order chi connectivity index (χ1) is 19.3. The Morgan fingerprint density at radius 1 is 1.12 bits per heavy atom. The van der Waals surface area contributed by atoms with Gasteiger partial charge < -0.3 is 20.2 Å². The number of aliphatic hydroxyl groups is 1. The highest BCUT2D eigenvalue weighted by molar-refractivity contribution is 8.04. The van der Waals surface area contributed by atoms with E-state index in [1.807, 2.05) is 18.2 Å². The molecule has 0 spiro atoms. The first kappa shape index (κ1) is 28.5. The van der Waals surface area contributed by atoms with Crippen molar-refractivity contribution < 1.29 is 27.5 Å². The minimum Gasteiger partial charge on any atom is -0.451 e. The number of hydrogen-bond acceptors (Lipinski definition) is 7. The molecule has 0 bridgehead atoms. The normalized spacial score (nSPS) is 23.8. The molecule has 1 aromatic carbocycles. The Balaban J connectivity index is 1.27. The number of carbonyl (C=O) groups excluding carboxylic acids is 2. The van der Waals surface area contributed by atoms with Crippen molar-refractivity contribution >= 4 is 37.9 Å². The van der Waals surface area contributed by atoms with Gasteiger partial charge >= 0.3 is 0 Å². The number of aliphatic hydroxyl groups excluding tert-OH is 1. The van der Waals surface area contributed by atoms with E-state index < -0.39 is 34.1 Å². The van der Waals surface area contributed by atoms with Crippen LogP contribution in [-0.4, -0.2) is 72.5 Å². The fourth-order valence-electron chi connectivity index (χ4n) is 5.87. The lowest BCUT2D eigenvalue weighted by atomic mass is 9.84. The van der Waals surface area contributed by atoms with Gasteiger partial charge in [-0.25, -0.2) is 8.42 Å². The molecule has 1 saturated carbocycles. The molecule has 3 heterocycles. The number of carbonyl (C=O) groups is 2. The number of benzene rings is 1. The summed E-state index contributed by atoms with van der Waals surface area (Å²) in [6.45, 7) is 0.508. The van der Waals surface area contributed by atoms with Crippen LogP contribution in [0.4, 0.5) is 0 Å². The van der Waals surface area contributed by atoms with Crippen molar-refractivity contribution in [2.75, 3.05) is 19.6 Å². The number of aliphatic imine (C=N–C) groups is 1. The molecule has 3 N–H and O–H groups in total. The number of nitrogens with one attached hydrogen (secondary N) is 2. The van der Waals surface area contributed by atoms with E-state index in [0.717, 1.165) is 31.1 Å². The number of dihydropyridines is 1. The molecule has 1 aromatic heterocycles. The molecule has 0 radical (unpaired) electrons. The van der Waals surface area contributed by atoms with Gasteiger partial charge in [-0.3, -0.25) is 14.6 Å². The van der Waals surface area contributed by atoms with Gasteiger partial charge in [-0.05, 0) is 49.8 Å². The smallest absolute Gasteiger partial charge is 0.287 e. The van der Waals surface area contributed by atoms with Crippen LogP contribution in [0.2, 0.25) is 0 Å². The maximum atomic E-state index is 13.6. The Hall–Kier alpha value is -3.02. The number of hydrogen-bond donors (Lipinski definition) is 3. The lowest BCUT2D eigenvalue weighted by Gasteiger charge is -2.29. The summed E-state index contributed by atoms with van der Waals surface area (Å²) in [4.78, 5) is 30.9. The van der Waals surface area contributed by atoms with Gasteiger partial charge in [0.2, 0.25) is 5.91 Å². The number of rotatable bonds is 7. The van der Waals surface area contributed by atoms with Gasteiger partial charge in [-0.1, -0.05) is 56.4 Å². The first-order valence-electron chi connectivity index (χ1n) is 14.3. The second kappa shape index (κ2) is 12.7. The zero-order valence-corrected chi connectivity index (χ0v) is 23.4. The maximum absolute atomic E-state index is 13.6. The molecule has 3 aliphatic rings. The molecular weight excluding hydrogens is 532 g/mol. The van der Waals surface area contributed by atoms with Crippen molar-refractivity contribution in [3.05, 3.63) is 48.2 Å². The van der Waals surface area contributed by atoms with Gasteiger partial charge in [0.05, 0.1) is 12.1 Å². The van der Waals surface area contributed by atoms with Gasteiger partial charge in [0.1, 0.15) is 11.6 Å². The van der Waals surface area contributed by atoms with Gasteiger partial charge in [0.15, 0.2) is 10.8 Å². The molecule has 10 nitrogen and oxygen atoms in total. The predicted molar refractivity (Wildman–Crippen MR) is 152 cm³/mol. The number of sulfonamides is 1. The quantitative estimate of drug-likeness (QED) is 0.467. The lowest BCUT2D eigenvalue weighted by molar-refractivity contribution is -0.125. The van der Waals surface area contributed by atoms with E-state index in [0.29, 0.717) is 43.7 Å². The number of amides is 2. The first-order valence-corrected chi connectivity index (χ1v) is 15.7. The second-order valence-corrected chi connectivity index (χ2v) is 12.9. The van der Waals surface area contributed by atoms with E-state index in [9.17, 15) is 23.1 Å². The molecule has 3 atom stereocenters. The Kier molecular flexibility index (Phi) is 9.02. The van der Waals surface area contributed by atoms with Crippen LogP contribution in [0, 0.1) is 5.92 Å². The molecule has 2 fully saturated rings. The highest BCUT2D eigenvalue weighted by Gasteiger charge is 2.36. The third-order valence-electron chi connectivity index (χ3n) is 8.10.